The Morgan fingerprint density at radius 3 is 2.04 bits per heavy atom. The minimum absolute atomic E-state index is 0.139. The Morgan fingerprint density at radius 1 is 0.960 bits per heavy atom. The highest BCUT2D eigenvalue weighted by atomic mass is 79.9. The van der Waals surface area contributed by atoms with Crippen molar-refractivity contribution < 1.29 is 9.90 Å². The van der Waals surface area contributed by atoms with Gasteiger partial charge in [-0.1, -0.05) is 58.3 Å². The highest BCUT2D eigenvalue weighted by Crippen LogP contribution is 2.33. The molecule has 0 radical (unpaired) electrons. The Bertz CT molecular complexity index is 497. The van der Waals surface area contributed by atoms with E-state index in [1.54, 1.807) is 0 Å². The molecule has 1 aromatic carbocycles. The van der Waals surface area contributed by atoms with Gasteiger partial charge in [0.05, 0.1) is 8.95 Å². The first-order valence-corrected chi connectivity index (χ1v) is 11.1. The van der Waals surface area contributed by atoms with E-state index in [0.717, 1.165) is 24.8 Å². The third kappa shape index (κ3) is 10.2. The van der Waals surface area contributed by atoms with Gasteiger partial charge in [0.25, 0.3) is 0 Å². The molecule has 1 amide bonds. The summed E-state index contributed by atoms with van der Waals surface area (Å²) in [4.78, 5) is 11.9. The quantitative estimate of drug-likeness (QED) is 0.319. The van der Waals surface area contributed by atoms with Gasteiger partial charge < -0.3 is 10.4 Å². The van der Waals surface area contributed by atoms with E-state index >= 15 is 0 Å². The lowest BCUT2D eigenvalue weighted by molar-refractivity contribution is -0.121. The molecule has 142 valence electrons. The number of nitrogens with one attached hydrogen (secondary N) is 1. The fourth-order valence-electron chi connectivity index (χ4n) is 2.79. The minimum atomic E-state index is 0.139. The molecule has 5 heteroatoms. The zero-order valence-corrected chi connectivity index (χ0v) is 18.4. The van der Waals surface area contributed by atoms with Gasteiger partial charge in [-0.05, 0) is 62.4 Å². The molecule has 0 fully saturated rings. The van der Waals surface area contributed by atoms with Crippen LogP contribution in [0.25, 0.3) is 0 Å². The van der Waals surface area contributed by atoms with Crippen LogP contribution >= 0.6 is 31.9 Å². The molecular formula is C20H31Br2NO2. The van der Waals surface area contributed by atoms with Gasteiger partial charge in [0, 0.05) is 13.0 Å². The molecule has 0 heterocycles. The molecule has 0 spiro atoms. The first-order chi connectivity index (χ1) is 12.0. The van der Waals surface area contributed by atoms with Crippen LogP contribution in [0.1, 0.15) is 76.7 Å². The van der Waals surface area contributed by atoms with Crippen molar-refractivity contribution in [3.05, 3.63) is 26.6 Å². The summed E-state index contributed by atoms with van der Waals surface area (Å²) in [5, 5.41) is 12.7. The third-order valence-corrected chi connectivity index (χ3v) is 5.53. The topological polar surface area (TPSA) is 49.3 Å². The van der Waals surface area contributed by atoms with Crippen LogP contribution in [-0.4, -0.2) is 17.6 Å². The van der Waals surface area contributed by atoms with Gasteiger partial charge in [-0.2, -0.15) is 0 Å². The number of aromatic hydroxyl groups is 1. The van der Waals surface area contributed by atoms with E-state index in [-0.39, 0.29) is 11.7 Å². The minimum Gasteiger partial charge on any atom is -0.506 e. The van der Waals surface area contributed by atoms with Gasteiger partial charge >= 0.3 is 0 Å². The van der Waals surface area contributed by atoms with Crippen molar-refractivity contribution in [2.24, 2.45) is 0 Å². The van der Waals surface area contributed by atoms with Gasteiger partial charge in [-0.25, -0.2) is 0 Å². The SMILES string of the molecule is CCCCCCCCCCCC(=O)NCCc1cc(Br)c(O)c(Br)c1. The average molecular weight is 477 g/mol. The van der Waals surface area contributed by atoms with Crippen LogP contribution < -0.4 is 5.32 Å². The smallest absolute Gasteiger partial charge is 0.220 e. The van der Waals surface area contributed by atoms with Gasteiger partial charge in [0.15, 0.2) is 0 Å². The largest absolute Gasteiger partial charge is 0.506 e. The molecule has 0 atom stereocenters. The Morgan fingerprint density at radius 2 is 1.48 bits per heavy atom. The second-order valence-electron chi connectivity index (χ2n) is 6.59. The van der Waals surface area contributed by atoms with Gasteiger partial charge in [0.2, 0.25) is 5.91 Å². The number of carbonyl (C=O) groups is 1. The molecular weight excluding hydrogens is 446 g/mol. The summed E-state index contributed by atoms with van der Waals surface area (Å²) in [7, 11) is 0. The maximum atomic E-state index is 11.9. The van der Waals surface area contributed by atoms with Crippen LogP contribution in [0.3, 0.4) is 0 Å². The lowest BCUT2D eigenvalue weighted by Crippen LogP contribution is -2.25. The van der Waals surface area contributed by atoms with Gasteiger partial charge in [0.1, 0.15) is 5.75 Å². The summed E-state index contributed by atoms with van der Waals surface area (Å²) in [6.45, 7) is 2.87. The molecule has 0 saturated heterocycles. The molecule has 0 aliphatic heterocycles. The second kappa shape index (κ2) is 13.6. The van der Waals surface area contributed by atoms with Crippen molar-refractivity contribution in [2.45, 2.75) is 77.6 Å². The van der Waals surface area contributed by atoms with E-state index in [2.05, 4.69) is 44.1 Å². The monoisotopic (exact) mass is 475 g/mol. The highest BCUT2D eigenvalue weighted by Gasteiger charge is 2.06. The van der Waals surface area contributed by atoms with E-state index in [9.17, 15) is 9.90 Å². The molecule has 25 heavy (non-hydrogen) atoms. The van der Waals surface area contributed by atoms with Crippen LogP contribution in [0.2, 0.25) is 0 Å². The van der Waals surface area contributed by atoms with Crippen molar-refractivity contribution in [1.29, 1.82) is 0 Å². The van der Waals surface area contributed by atoms with Crippen molar-refractivity contribution >= 4 is 37.8 Å². The summed E-state index contributed by atoms with van der Waals surface area (Å²) >= 11 is 6.65. The number of hydrogen-bond donors (Lipinski definition) is 2. The van der Waals surface area contributed by atoms with Crippen molar-refractivity contribution in [3.8, 4) is 5.75 Å². The zero-order valence-electron chi connectivity index (χ0n) is 15.3. The number of phenolic OH excluding ortho intramolecular Hbond substituents is 1. The van der Waals surface area contributed by atoms with E-state index in [1.807, 2.05) is 12.1 Å². The number of unbranched alkanes of at least 4 members (excludes halogenated alkanes) is 8. The maximum absolute atomic E-state index is 11.9. The van der Waals surface area contributed by atoms with E-state index in [1.165, 1.54) is 44.9 Å². The highest BCUT2D eigenvalue weighted by molar-refractivity contribution is 9.11. The number of carbonyl (C=O) groups excluding carboxylic acids is 1. The summed E-state index contributed by atoms with van der Waals surface area (Å²) in [6.07, 6.45) is 12.8. The maximum Gasteiger partial charge on any atom is 0.220 e. The van der Waals surface area contributed by atoms with E-state index < -0.39 is 0 Å². The van der Waals surface area contributed by atoms with Crippen molar-refractivity contribution in [1.82, 2.24) is 5.32 Å². The average Bonchev–Trinajstić information content (AvgIpc) is 2.58. The molecule has 0 aromatic heterocycles. The number of rotatable bonds is 13. The first-order valence-electron chi connectivity index (χ1n) is 9.48. The normalized spacial score (nSPS) is 10.8. The first kappa shape index (κ1) is 22.5. The van der Waals surface area contributed by atoms with Gasteiger partial charge in [-0.3, -0.25) is 4.79 Å². The molecule has 1 rings (SSSR count). The zero-order chi connectivity index (χ0) is 18.5. The third-order valence-electron chi connectivity index (χ3n) is 4.32. The molecule has 1 aromatic rings. The lowest BCUT2D eigenvalue weighted by atomic mass is 10.1. The molecule has 3 nitrogen and oxygen atoms in total. The van der Waals surface area contributed by atoms with Crippen LogP contribution in [0.15, 0.2) is 21.1 Å². The summed E-state index contributed by atoms with van der Waals surface area (Å²) in [6, 6.07) is 3.76. The number of phenols is 1. The molecule has 0 bridgehead atoms. The van der Waals surface area contributed by atoms with Crippen molar-refractivity contribution in [3.63, 3.8) is 0 Å². The number of halogens is 2. The molecule has 2 N–H and O–H groups in total. The standard InChI is InChI=1S/C20H31Br2NO2/c1-2-3-4-5-6-7-8-9-10-11-19(24)23-13-12-16-14-17(21)20(25)18(22)15-16/h14-15,25H,2-13H2,1H3,(H,23,24). The van der Waals surface area contributed by atoms with Crippen molar-refractivity contribution in [2.75, 3.05) is 6.54 Å². The Kier molecular flexibility index (Phi) is 12.3. The van der Waals surface area contributed by atoms with Crippen LogP contribution in [0.4, 0.5) is 0 Å². The Balaban J connectivity index is 2.04. The van der Waals surface area contributed by atoms with Crippen LogP contribution in [-0.2, 0) is 11.2 Å². The summed E-state index contributed by atoms with van der Waals surface area (Å²) in [5.41, 5.74) is 1.07. The number of benzene rings is 1. The Labute approximate surface area is 169 Å². The molecule has 0 aliphatic rings. The predicted molar refractivity (Wildman–Crippen MR) is 112 cm³/mol. The molecule has 0 aliphatic carbocycles. The Hall–Kier alpha value is -0.550. The van der Waals surface area contributed by atoms with E-state index in [4.69, 9.17) is 0 Å². The predicted octanol–water partition coefficient (Wildman–Crippen LogP) is 6.50. The van der Waals surface area contributed by atoms with Crippen LogP contribution in [0.5, 0.6) is 5.75 Å². The number of amides is 1. The number of hydrogen-bond acceptors (Lipinski definition) is 2. The fourth-order valence-corrected chi connectivity index (χ4v) is 4.07. The lowest BCUT2D eigenvalue weighted by Gasteiger charge is -2.08. The molecule has 0 saturated carbocycles. The summed E-state index contributed by atoms with van der Waals surface area (Å²) in [5.74, 6) is 0.345. The van der Waals surface area contributed by atoms with Crippen LogP contribution in [0, 0.1) is 0 Å². The van der Waals surface area contributed by atoms with Gasteiger partial charge in [-0.15, -0.1) is 0 Å². The second-order valence-corrected chi connectivity index (χ2v) is 8.30. The van der Waals surface area contributed by atoms with E-state index in [0.29, 0.717) is 21.9 Å². The summed E-state index contributed by atoms with van der Waals surface area (Å²) < 4.78 is 1.33. The molecule has 0 unspecified atom stereocenters. The fraction of sp³-hybridized carbons (Fsp3) is 0.650.